The van der Waals surface area contributed by atoms with Crippen LogP contribution >= 0.6 is 0 Å². The lowest BCUT2D eigenvalue weighted by Crippen LogP contribution is -2.20. The van der Waals surface area contributed by atoms with Gasteiger partial charge in [-0.2, -0.15) is 0 Å². The number of ether oxygens (including phenoxy) is 2. The van der Waals surface area contributed by atoms with Crippen molar-refractivity contribution >= 4 is 17.4 Å². The summed E-state index contributed by atoms with van der Waals surface area (Å²) in [6, 6.07) is 12.3. The highest BCUT2D eigenvalue weighted by Gasteiger charge is 2.09. The molecular weight excluding hydrogens is 318 g/mol. The molecule has 5 heteroatoms. The van der Waals surface area contributed by atoms with E-state index in [9.17, 15) is 9.59 Å². The maximum atomic E-state index is 12.1. The van der Waals surface area contributed by atoms with Crippen LogP contribution in [0.1, 0.15) is 22.8 Å². The second-order valence-corrected chi connectivity index (χ2v) is 5.45. The van der Waals surface area contributed by atoms with Crippen molar-refractivity contribution < 1.29 is 19.1 Å². The Morgan fingerprint density at radius 1 is 1.16 bits per heavy atom. The van der Waals surface area contributed by atoms with Crippen LogP contribution in [0, 0.1) is 0 Å². The number of carbonyl (C=O) groups is 2. The molecule has 0 atom stereocenters. The maximum absolute atomic E-state index is 12.1. The summed E-state index contributed by atoms with van der Waals surface area (Å²) in [5, 5.41) is 2.71. The van der Waals surface area contributed by atoms with Crippen molar-refractivity contribution in [2.24, 2.45) is 0 Å². The van der Waals surface area contributed by atoms with E-state index in [1.54, 1.807) is 43.5 Å². The van der Waals surface area contributed by atoms with E-state index < -0.39 is 0 Å². The van der Waals surface area contributed by atoms with Gasteiger partial charge in [-0.25, -0.2) is 0 Å². The van der Waals surface area contributed by atoms with Gasteiger partial charge in [-0.3, -0.25) is 9.59 Å². The molecule has 0 aliphatic heterocycles. The summed E-state index contributed by atoms with van der Waals surface area (Å²) in [6.07, 6.45) is 2.53. The zero-order valence-electron chi connectivity index (χ0n) is 14.4. The highest BCUT2D eigenvalue weighted by atomic mass is 16.5. The Labute approximate surface area is 147 Å². The Morgan fingerprint density at radius 3 is 2.64 bits per heavy atom. The fourth-order valence-corrected chi connectivity index (χ4v) is 2.28. The third-order valence-electron chi connectivity index (χ3n) is 3.52. The predicted octanol–water partition coefficient (Wildman–Crippen LogP) is 3.64. The van der Waals surface area contributed by atoms with E-state index in [1.165, 1.54) is 6.92 Å². The fraction of sp³-hybridized carbons (Fsp3) is 0.200. The van der Waals surface area contributed by atoms with Gasteiger partial charge in [0, 0.05) is 11.3 Å². The SMILES string of the molecule is C=CCc1ccc(OCC(=O)Nc2cccc(C(C)=O)c2)c(OC)c1. The first-order valence-corrected chi connectivity index (χ1v) is 7.85. The van der Waals surface area contributed by atoms with Crippen molar-refractivity contribution in [1.29, 1.82) is 0 Å². The third kappa shape index (κ3) is 5.21. The molecule has 25 heavy (non-hydrogen) atoms. The molecule has 130 valence electrons. The Balaban J connectivity index is 1.99. The number of hydrogen-bond acceptors (Lipinski definition) is 4. The second-order valence-electron chi connectivity index (χ2n) is 5.45. The molecule has 0 aliphatic carbocycles. The average Bonchev–Trinajstić information content (AvgIpc) is 2.61. The average molecular weight is 339 g/mol. The molecule has 1 amide bonds. The van der Waals surface area contributed by atoms with Gasteiger partial charge < -0.3 is 14.8 Å². The van der Waals surface area contributed by atoms with Gasteiger partial charge in [-0.05, 0) is 43.2 Å². The molecule has 0 saturated carbocycles. The minimum absolute atomic E-state index is 0.0586. The molecule has 2 rings (SSSR count). The van der Waals surface area contributed by atoms with Crippen molar-refractivity contribution in [1.82, 2.24) is 0 Å². The quantitative estimate of drug-likeness (QED) is 0.589. The summed E-state index contributed by atoms with van der Waals surface area (Å²) in [6.45, 7) is 5.02. The highest BCUT2D eigenvalue weighted by Crippen LogP contribution is 2.28. The van der Waals surface area contributed by atoms with Crippen molar-refractivity contribution in [3.05, 3.63) is 66.2 Å². The molecule has 5 nitrogen and oxygen atoms in total. The minimum atomic E-state index is -0.321. The van der Waals surface area contributed by atoms with E-state index in [0.717, 1.165) is 12.0 Å². The van der Waals surface area contributed by atoms with Gasteiger partial charge >= 0.3 is 0 Å². The summed E-state index contributed by atoms with van der Waals surface area (Å²) in [5.74, 6) is 0.670. The van der Waals surface area contributed by atoms with Gasteiger partial charge in [0.15, 0.2) is 23.9 Å². The van der Waals surface area contributed by atoms with Gasteiger partial charge in [-0.15, -0.1) is 6.58 Å². The van der Waals surface area contributed by atoms with Crippen LogP contribution in [0.15, 0.2) is 55.1 Å². The molecule has 0 spiro atoms. The van der Waals surface area contributed by atoms with E-state index in [0.29, 0.717) is 22.7 Å². The lowest BCUT2D eigenvalue weighted by Gasteiger charge is -2.12. The summed E-state index contributed by atoms with van der Waals surface area (Å²) >= 11 is 0. The van der Waals surface area contributed by atoms with Gasteiger partial charge in [0.1, 0.15) is 0 Å². The summed E-state index contributed by atoms with van der Waals surface area (Å²) in [4.78, 5) is 23.4. The number of benzene rings is 2. The van der Waals surface area contributed by atoms with Crippen molar-refractivity contribution in [3.8, 4) is 11.5 Å². The molecule has 0 aliphatic rings. The van der Waals surface area contributed by atoms with Crippen molar-refractivity contribution in [2.45, 2.75) is 13.3 Å². The van der Waals surface area contributed by atoms with Gasteiger partial charge in [0.05, 0.1) is 7.11 Å². The van der Waals surface area contributed by atoms with Gasteiger partial charge in [-0.1, -0.05) is 24.3 Å². The van der Waals surface area contributed by atoms with Crippen LogP contribution in [-0.4, -0.2) is 25.4 Å². The van der Waals surface area contributed by atoms with E-state index in [2.05, 4.69) is 11.9 Å². The van der Waals surface area contributed by atoms with Crippen LogP contribution in [0.25, 0.3) is 0 Å². The number of rotatable bonds is 8. The number of amides is 1. The van der Waals surface area contributed by atoms with Crippen LogP contribution in [0.4, 0.5) is 5.69 Å². The van der Waals surface area contributed by atoms with E-state index in [4.69, 9.17) is 9.47 Å². The van der Waals surface area contributed by atoms with Crippen LogP contribution < -0.4 is 14.8 Å². The third-order valence-corrected chi connectivity index (χ3v) is 3.52. The molecule has 2 aromatic rings. The van der Waals surface area contributed by atoms with Crippen LogP contribution in [0.3, 0.4) is 0 Å². The van der Waals surface area contributed by atoms with Gasteiger partial charge in [0.2, 0.25) is 0 Å². The van der Waals surface area contributed by atoms with Gasteiger partial charge in [0.25, 0.3) is 5.91 Å². The maximum Gasteiger partial charge on any atom is 0.262 e. The van der Waals surface area contributed by atoms with E-state index in [1.807, 2.05) is 12.1 Å². The monoisotopic (exact) mass is 339 g/mol. The number of Topliss-reactive ketones (excluding diaryl/α,β-unsaturated/α-hetero) is 1. The predicted molar refractivity (Wildman–Crippen MR) is 97.5 cm³/mol. The summed E-state index contributed by atoms with van der Waals surface area (Å²) < 4.78 is 10.8. The number of nitrogens with one attached hydrogen (secondary N) is 1. The minimum Gasteiger partial charge on any atom is -0.493 e. The molecule has 0 radical (unpaired) electrons. The van der Waals surface area contributed by atoms with E-state index in [-0.39, 0.29) is 18.3 Å². The molecule has 2 aromatic carbocycles. The molecule has 0 saturated heterocycles. The zero-order valence-corrected chi connectivity index (χ0v) is 14.4. The largest absolute Gasteiger partial charge is 0.493 e. The van der Waals surface area contributed by atoms with Crippen LogP contribution in [0.5, 0.6) is 11.5 Å². The Morgan fingerprint density at radius 2 is 1.96 bits per heavy atom. The van der Waals surface area contributed by atoms with E-state index >= 15 is 0 Å². The van der Waals surface area contributed by atoms with Crippen molar-refractivity contribution in [2.75, 3.05) is 19.0 Å². The molecule has 0 bridgehead atoms. The number of carbonyl (C=O) groups excluding carboxylic acids is 2. The molecule has 1 N–H and O–H groups in total. The van der Waals surface area contributed by atoms with Crippen LogP contribution in [-0.2, 0) is 11.2 Å². The molecular formula is C20H21NO4. The molecule has 0 fully saturated rings. The lowest BCUT2D eigenvalue weighted by molar-refractivity contribution is -0.118. The first-order chi connectivity index (χ1) is 12.0. The highest BCUT2D eigenvalue weighted by molar-refractivity contribution is 5.97. The normalized spacial score (nSPS) is 10.0. The number of hydrogen-bond donors (Lipinski definition) is 1. The fourth-order valence-electron chi connectivity index (χ4n) is 2.28. The lowest BCUT2D eigenvalue weighted by atomic mass is 10.1. The second kappa shape index (κ2) is 8.68. The summed E-state index contributed by atoms with van der Waals surface area (Å²) in [7, 11) is 1.55. The number of methoxy groups -OCH3 is 1. The number of anilines is 1. The molecule has 0 heterocycles. The Kier molecular flexibility index (Phi) is 6.34. The number of allylic oxidation sites excluding steroid dienone is 1. The first kappa shape index (κ1) is 18.3. The standard InChI is InChI=1S/C20H21NO4/c1-4-6-15-9-10-18(19(11-15)24-3)25-13-20(23)21-17-8-5-7-16(12-17)14(2)22/h4-5,7-12H,1,6,13H2,2-3H3,(H,21,23). The summed E-state index contributed by atoms with van der Waals surface area (Å²) in [5.41, 5.74) is 2.14. The smallest absolute Gasteiger partial charge is 0.262 e. The van der Waals surface area contributed by atoms with Crippen LogP contribution in [0.2, 0.25) is 0 Å². The number of ketones is 1. The topological polar surface area (TPSA) is 64.6 Å². The molecule has 0 unspecified atom stereocenters. The Hall–Kier alpha value is -3.08. The molecule has 0 aromatic heterocycles. The Bertz CT molecular complexity index is 783. The zero-order chi connectivity index (χ0) is 18.2. The van der Waals surface area contributed by atoms with Crippen molar-refractivity contribution in [3.63, 3.8) is 0 Å². The first-order valence-electron chi connectivity index (χ1n) is 7.85.